The maximum Gasteiger partial charge on any atom is 0.240 e. The SMILES string of the molecule is CC1CC1c1ccc(CN(C)C(=O)C2CSCCN2)o1. The molecule has 1 amide bonds. The van der Waals surface area contributed by atoms with Crippen molar-refractivity contribution in [3.05, 3.63) is 23.7 Å². The number of thioether (sulfide) groups is 1. The van der Waals surface area contributed by atoms with Crippen LogP contribution < -0.4 is 5.32 Å². The van der Waals surface area contributed by atoms with Crippen LogP contribution in [0.15, 0.2) is 16.5 Å². The van der Waals surface area contributed by atoms with E-state index in [-0.39, 0.29) is 11.9 Å². The van der Waals surface area contributed by atoms with Gasteiger partial charge >= 0.3 is 0 Å². The first-order chi connectivity index (χ1) is 9.65. The Morgan fingerprint density at radius 3 is 3.00 bits per heavy atom. The summed E-state index contributed by atoms with van der Waals surface area (Å²) in [6.45, 7) is 3.72. The summed E-state index contributed by atoms with van der Waals surface area (Å²) in [6, 6.07) is 4.03. The molecule has 2 heterocycles. The molecule has 1 aliphatic heterocycles. The van der Waals surface area contributed by atoms with E-state index < -0.39 is 0 Å². The first-order valence-corrected chi connectivity index (χ1v) is 8.45. The Morgan fingerprint density at radius 1 is 1.55 bits per heavy atom. The molecule has 1 aromatic rings. The van der Waals surface area contributed by atoms with Crippen LogP contribution >= 0.6 is 11.8 Å². The zero-order valence-corrected chi connectivity index (χ0v) is 12.9. The monoisotopic (exact) mass is 294 g/mol. The topological polar surface area (TPSA) is 45.5 Å². The number of carbonyl (C=O) groups is 1. The molecule has 0 aromatic carbocycles. The summed E-state index contributed by atoms with van der Waals surface area (Å²) in [7, 11) is 1.85. The highest BCUT2D eigenvalue weighted by atomic mass is 32.2. The molecule has 1 saturated heterocycles. The van der Waals surface area contributed by atoms with E-state index in [1.165, 1.54) is 6.42 Å². The van der Waals surface area contributed by atoms with Gasteiger partial charge in [-0.1, -0.05) is 6.92 Å². The summed E-state index contributed by atoms with van der Waals surface area (Å²) >= 11 is 1.84. The Hall–Kier alpha value is -0.940. The van der Waals surface area contributed by atoms with Crippen molar-refractivity contribution in [3.8, 4) is 0 Å². The van der Waals surface area contributed by atoms with Crippen LogP contribution in [0.3, 0.4) is 0 Å². The van der Waals surface area contributed by atoms with Crippen LogP contribution in [-0.4, -0.2) is 41.9 Å². The third kappa shape index (κ3) is 3.04. The van der Waals surface area contributed by atoms with Crippen LogP contribution in [0, 0.1) is 5.92 Å². The molecule has 1 aliphatic carbocycles. The minimum absolute atomic E-state index is 0.0448. The molecule has 110 valence electrons. The first-order valence-electron chi connectivity index (χ1n) is 7.30. The van der Waals surface area contributed by atoms with E-state index >= 15 is 0 Å². The fourth-order valence-corrected chi connectivity index (χ4v) is 3.62. The van der Waals surface area contributed by atoms with Crippen LogP contribution in [0.25, 0.3) is 0 Å². The van der Waals surface area contributed by atoms with Crippen LogP contribution in [0.5, 0.6) is 0 Å². The van der Waals surface area contributed by atoms with E-state index in [9.17, 15) is 4.79 Å². The molecule has 3 unspecified atom stereocenters. The highest BCUT2D eigenvalue weighted by molar-refractivity contribution is 7.99. The third-order valence-electron chi connectivity index (χ3n) is 4.15. The van der Waals surface area contributed by atoms with Gasteiger partial charge in [0.2, 0.25) is 5.91 Å². The van der Waals surface area contributed by atoms with E-state index in [0.29, 0.717) is 12.5 Å². The second kappa shape index (κ2) is 5.82. The van der Waals surface area contributed by atoms with Crippen molar-refractivity contribution in [1.29, 1.82) is 0 Å². The minimum Gasteiger partial charge on any atom is -0.464 e. The molecule has 3 atom stereocenters. The molecule has 20 heavy (non-hydrogen) atoms. The van der Waals surface area contributed by atoms with Gasteiger partial charge in [0.05, 0.1) is 12.6 Å². The quantitative estimate of drug-likeness (QED) is 0.923. The number of nitrogens with zero attached hydrogens (tertiary/aromatic N) is 1. The van der Waals surface area contributed by atoms with Gasteiger partial charge in [0.1, 0.15) is 11.5 Å². The first kappa shape index (κ1) is 14.0. The summed E-state index contributed by atoms with van der Waals surface area (Å²) in [5.41, 5.74) is 0. The summed E-state index contributed by atoms with van der Waals surface area (Å²) in [4.78, 5) is 14.1. The average molecular weight is 294 g/mol. The van der Waals surface area contributed by atoms with Gasteiger partial charge in [0, 0.05) is 31.0 Å². The number of rotatable bonds is 4. The highest BCUT2D eigenvalue weighted by Gasteiger charge is 2.36. The predicted octanol–water partition coefficient (Wildman–Crippen LogP) is 2.07. The number of hydrogen-bond donors (Lipinski definition) is 1. The van der Waals surface area contributed by atoms with Gasteiger partial charge in [0.15, 0.2) is 0 Å². The number of amides is 1. The van der Waals surface area contributed by atoms with Crippen molar-refractivity contribution >= 4 is 17.7 Å². The highest BCUT2D eigenvalue weighted by Crippen LogP contribution is 2.47. The minimum atomic E-state index is -0.0448. The van der Waals surface area contributed by atoms with Gasteiger partial charge in [-0.3, -0.25) is 4.79 Å². The molecule has 1 aromatic heterocycles. The van der Waals surface area contributed by atoms with Gasteiger partial charge in [-0.25, -0.2) is 0 Å². The lowest BCUT2D eigenvalue weighted by molar-refractivity contribution is -0.132. The largest absolute Gasteiger partial charge is 0.464 e. The van der Waals surface area contributed by atoms with E-state index in [4.69, 9.17) is 4.42 Å². The second-order valence-corrected chi connectivity index (χ2v) is 7.05. The predicted molar refractivity (Wildman–Crippen MR) is 80.8 cm³/mol. The Kier molecular flexibility index (Phi) is 4.08. The molecule has 2 aliphatic rings. The van der Waals surface area contributed by atoms with Gasteiger partial charge in [-0.15, -0.1) is 0 Å². The number of likely N-dealkylation sites (N-methyl/N-ethyl adjacent to an activating group) is 1. The summed E-state index contributed by atoms with van der Waals surface area (Å²) in [6.07, 6.45) is 1.23. The number of furan rings is 1. The Bertz CT molecular complexity index is 482. The molecule has 3 rings (SSSR count). The molecule has 2 fully saturated rings. The molecule has 1 N–H and O–H groups in total. The Balaban J connectivity index is 1.56. The Morgan fingerprint density at radius 2 is 2.35 bits per heavy atom. The fourth-order valence-electron chi connectivity index (χ4n) is 2.70. The van der Waals surface area contributed by atoms with Gasteiger partial charge in [0.25, 0.3) is 0 Å². The molecule has 1 saturated carbocycles. The van der Waals surface area contributed by atoms with Crippen LogP contribution in [0.1, 0.15) is 30.8 Å². The van der Waals surface area contributed by atoms with E-state index in [2.05, 4.69) is 18.3 Å². The van der Waals surface area contributed by atoms with Crippen molar-refractivity contribution in [2.24, 2.45) is 5.92 Å². The third-order valence-corrected chi connectivity index (χ3v) is 5.21. The summed E-state index contributed by atoms with van der Waals surface area (Å²) in [5, 5.41) is 3.28. The molecule has 0 spiro atoms. The zero-order chi connectivity index (χ0) is 14.1. The lowest BCUT2D eigenvalue weighted by Gasteiger charge is -2.26. The lowest BCUT2D eigenvalue weighted by atomic mass is 10.2. The maximum absolute atomic E-state index is 12.3. The van der Waals surface area contributed by atoms with Crippen molar-refractivity contribution < 1.29 is 9.21 Å². The van der Waals surface area contributed by atoms with E-state index in [0.717, 1.165) is 35.5 Å². The standard InChI is InChI=1S/C15H22N2O2S/c1-10-7-12(10)14-4-3-11(19-14)8-17(2)15(18)13-9-20-6-5-16-13/h3-4,10,12-13,16H,5-9H2,1-2H3. The van der Waals surface area contributed by atoms with Crippen molar-refractivity contribution in [1.82, 2.24) is 10.2 Å². The van der Waals surface area contributed by atoms with Crippen LogP contribution in [-0.2, 0) is 11.3 Å². The lowest BCUT2D eigenvalue weighted by Crippen LogP contribution is -2.49. The molecule has 0 radical (unpaired) electrons. The smallest absolute Gasteiger partial charge is 0.240 e. The fraction of sp³-hybridized carbons (Fsp3) is 0.667. The molecular formula is C15H22N2O2S. The van der Waals surface area contributed by atoms with E-state index in [1.807, 2.05) is 24.9 Å². The zero-order valence-electron chi connectivity index (χ0n) is 12.1. The van der Waals surface area contributed by atoms with Gasteiger partial charge in [-0.2, -0.15) is 11.8 Å². The average Bonchev–Trinajstić information content (AvgIpc) is 3.01. The summed E-state index contributed by atoms with van der Waals surface area (Å²) in [5.74, 6) is 5.44. The Labute approximate surface area is 124 Å². The van der Waals surface area contributed by atoms with E-state index in [1.54, 1.807) is 4.90 Å². The normalized spacial score (nSPS) is 29.2. The van der Waals surface area contributed by atoms with Crippen LogP contribution in [0.4, 0.5) is 0 Å². The molecule has 4 nitrogen and oxygen atoms in total. The molecule has 0 bridgehead atoms. The van der Waals surface area contributed by atoms with Gasteiger partial charge < -0.3 is 14.6 Å². The number of carbonyl (C=O) groups excluding carboxylic acids is 1. The van der Waals surface area contributed by atoms with Crippen molar-refractivity contribution in [3.63, 3.8) is 0 Å². The molecular weight excluding hydrogens is 272 g/mol. The molecule has 5 heteroatoms. The van der Waals surface area contributed by atoms with Crippen molar-refractivity contribution in [2.45, 2.75) is 31.8 Å². The maximum atomic E-state index is 12.3. The summed E-state index contributed by atoms with van der Waals surface area (Å²) < 4.78 is 5.87. The number of nitrogens with one attached hydrogen (secondary N) is 1. The number of hydrogen-bond acceptors (Lipinski definition) is 4. The van der Waals surface area contributed by atoms with Crippen molar-refractivity contribution in [2.75, 3.05) is 25.1 Å². The van der Waals surface area contributed by atoms with Gasteiger partial charge in [-0.05, 0) is 24.5 Å². The second-order valence-electron chi connectivity index (χ2n) is 5.90. The van der Waals surface area contributed by atoms with Crippen LogP contribution in [0.2, 0.25) is 0 Å².